The van der Waals surface area contributed by atoms with E-state index in [-0.39, 0.29) is 5.56 Å². The van der Waals surface area contributed by atoms with Crippen LogP contribution in [0.2, 0.25) is 0 Å². The van der Waals surface area contributed by atoms with E-state index in [2.05, 4.69) is 15.3 Å². The molecule has 0 amide bonds. The molecule has 0 spiro atoms. The van der Waals surface area contributed by atoms with Crippen molar-refractivity contribution in [3.63, 3.8) is 0 Å². The zero-order chi connectivity index (χ0) is 12.3. The number of pyridine rings is 1. The molecule has 1 N–H and O–H groups in total. The third-order valence-corrected chi connectivity index (χ3v) is 2.55. The Morgan fingerprint density at radius 1 is 1.29 bits per heavy atom. The molecule has 0 saturated carbocycles. The van der Waals surface area contributed by atoms with Crippen LogP contribution in [0.3, 0.4) is 0 Å². The first-order valence-electron chi connectivity index (χ1n) is 5.36. The molecule has 0 aliphatic heterocycles. The standard InChI is InChI=1S/C12H14N4O/c1-9-4-3-5-12(17)16(9)8-10-6-15-11(13-2)7-14-10/h3-7H,8H2,1-2H3,(H,13,15). The van der Waals surface area contributed by atoms with Crippen LogP contribution in [0.25, 0.3) is 0 Å². The van der Waals surface area contributed by atoms with E-state index in [1.54, 1.807) is 36.1 Å². The van der Waals surface area contributed by atoms with Crippen molar-refractivity contribution in [1.29, 1.82) is 0 Å². The number of nitrogens with zero attached hydrogens (tertiary/aromatic N) is 3. The lowest BCUT2D eigenvalue weighted by molar-refractivity contribution is 0.709. The largest absolute Gasteiger partial charge is 0.372 e. The van der Waals surface area contributed by atoms with Gasteiger partial charge in [-0.15, -0.1) is 0 Å². The van der Waals surface area contributed by atoms with Gasteiger partial charge in [-0.3, -0.25) is 9.78 Å². The summed E-state index contributed by atoms with van der Waals surface area (Å²) in [6, 6.07) is 5.20. The molecule has 2 rings (SSSR count). The van der Waals surface area contributed by atoms with E-state index >= 15 is 0 Å². The number of hydrogen-bond donors (Lipinski definition) is 1. The molecule has 0 radical (unpaired) electrons. The number of nitrogens with one attached hydrogen (secondary N) is 1. The molecule has 0 atom stereocenters. The molecule has 0 fully saturated rings. The molecule has 0 aliphatic rings. The quantitative estimate of drug-likeness (QED) is 0.855. The van der Waals surface area contributed by atoms with Gasteiger partial charge in [0.1, 0.15) is 5.82 Å². The minimum absolute atomic E-state index is 0.0236. The first-order valence-corrected chi connectivity index (χ1v) is 5.36. The zero-order valence-electron chi connectivity index (χ0n) is 9.84. The lowest BCUT2D eigenvalue weighted by Gasteiger charge is -2.08. The van der Waals surface area contributed by atoms with E-state index in [0.717, 1.165) is 11.4 Å². The van der Waals surface area contributed by atoms with Gasteiger partial charge in [0, 0.05) is 18.8 Å². The average molecular weight is 230 g/mol. The van der Waals surface area contributed by atoms with E-state index in [1.165, 1.54) is 0 Å². The molecule has 0 unspecified atom stereocenters. The second-order valence-electron chi connectivity index (χ2n) is 3.73. The molecule has 5 heteroatoms. The highest BCUT2D eigenvalue weighted by Gasteiger charge is 2.02. The minimum atomic E-state index is -0.0236. The maximum absolute atomic E-state index is 11.7. The Hall–Kier alpha value is -2.17. The molecule has 5 nitrogen and oxygen atoms in total. The van der Waals surface area contributed by atoms with Crippen molar-refractivity contribution in [3.8, 4) is 0 Å². The second kappa shape index (κ2) is 4.78. The van der Waals surface area contributed by atoms with Gasteiger partial charge in [-0.25, -0.2) is 4.98 Å². The van der Waals surface area contributed by atoms with E-state index in [1.807, 2.05) is 13.0 Å². The lowest BCUT2D eigenvalue weighted by atomic mass is 10.3. The van der Waals surface area contributed by atoms with Crippen molar-refractivity contribution < 1.29 is 0 Å². The van der Waals surface area contributed by atoms with Crippen LogP contribution >= 0.6 is 0 Å². The topological polar surface area (TPSA) is 59.8 Å². The van der Waals surface area contributed by atoms with Crippen LogP contribution in [-0.2, 0) is 6.54 Å². The highest BCUT2D eigenvalue weighted by Crippen LogP contribution is 2.02. The normalized spacial score (nSPS) is 10.2. The van der Waals surface area contributed by atoms with Crippen LogP contribution in [0.1, 0.15) is 11.4 Å². The Morgan fingerprint density at radius 3 is 2.71 bits per heavy atom. The Bertz CT molecular complexity index is 559. The molecule has 2 aromatic rings. The molecule has 0 saturated heterocycles. The summed E-state index contributed by atoms with van der Waals surface area (Å²) in [5.41, 5.74) is 1.65. The fourth-order valence-corrected chi connectivity index (χ4v) is 1.55. The highest BCUT2D eigenvalue weighted by molar-refractivity contribution is 5.29. The van der Waals surface area contributed by atoms with Crippen molar-refractivity contribution in [2.24, 2.45) is 0 Å². The molecule has 2 heterocycles. The molecule has 2 aromatic heterocycles. The van der Waals surface area contributed by atoms with E-state index < -0.39 is 0 Å². The fraction of sp³-hybridized carbons (Fsp3) is 0.250. The molecule has 88 valence electrons. The molecular weight excluding hydrogens is 216 g/mol. The third kappa shape index (κ3) is 2.50. The maximum atomic E-state index is 11.7. The first-order chi connectivity index (χ1) is 8.20. The van der Waals surface area contributed by atoms with Gasteiger partial charge >= 0.3 is 0 Å². The summed E-state index contributed by atoms with van der Waals surface area (Å²) in [6.45, 7) is 2.35. The van der Waals surface area contributed by atoms with Gasteiger partial charge < -0.3 is 9.88 Å². The number of anilines is 1. The second-order valence-corrected chi connectivity index (χ2v) is 3.73. The number of aromatic nitrogens is 3. The average Bonchev–Trinajstić information content (AvgIpc) is 2.35. The molecule has 0 aliphatic carbocycles. The van der Waals surface area contributed by atoms with Gasteiger partial charge in [-0.05, 0) is 13.0 Å². The van der Waals surface area contributed by atoms with Crippen LogP contribution in [-0.4, -0.2) is 21.6 Å². The van der Waals surface area contributed by atoms with Crippen molar-refractivity contribution in [2.75, 3.05) is 12.4 Å². The predicted octanol–water partition coefficient (Wildman–Crippen LogP) is 1.04. The van der Waals surface area contributed by atoms with Gasteiger partial charge in [0.05, 0.1) is 24.6 Å². The summed E-state index contributed by atoms with van der Waals surface area (Å²) < 4.78 is 1.67. The summed E-state index contributed by atoms with van der Waals surface area (Å²) in [7, 11) is 1.79. The van der Waals surface area contributed by atoms with Gasteiger partial charge in [0.2, 0.25) is 0 Å². The third-order valence-electron chi connectivity index (χ3n) is 2.55. The Balaban J connectivity index is 2.28. The van der Waals surface area contributed by atoms with Crippen LogP contribution in [0, 0.1) is 6.92 Å². The molecule has 0 aromatic carbocycles. The minimum Gasteiger partial charge on any atom is -0.372 e. The summed E-state index contributed by atoms with van der Waals surface area (Å²) in [5, 5.41) is 2.90. The molecular formula is C12H14N4O. The molecule has 17 heavy (non-hydrogen) atoms. The summed E-state index contributed by atoms with van der Waals surface area (Å²) in [5.74, 6) is 0.714. The monoisotopic (exact) mass is 230 g/mol. The lowest BCUT2D eigenvalue weighted by Crippen LogP contribution is -2.22. The van der Waals surface area contributed by atoms with Crippen molar-refractivity contribution in [1.82, 2.24) is 14.5 Å². The van der Waals surface area contributed by atoms with Crippen molar-refractivity contribution in [3.05, 3.63) is 52.3 Å². The van der Waals surface area contributed by atoms with Crippen LogP contribution in [0.4, 0.5) is 5.82 Å². The van der Waals surface area contributed by atoms with Crippen LogP contribution in [0.15, 0.2) is 35.4 Å². The number of hydrogen-bond acceptors (Lipinski definition) is 4. The van der Waals surface area contributed by atoms with E-state index in [0.29, 0.717) is 12.4 Å². The highest BCUT2D eigenvalue weighted by atomic mass is 16.1. The number of rotatable bonds is 3. The SMILES string of the molecule is CNc1cnc(Cn2c(C)cccc2=O)cn1. The van der Waals surface area contributed by atoms with Crippen LogP contribution in [0.5, 0.6) is 0 Å². The first kappa shape index (κ1) is 11.3. The van der Waals surface area contributed by atoms with Crippen molar-refractivity contribution >= 4 is 5.82 Å². The van der Waals surface area contributed by atoms with E-state index in [4.69, 9.17) is 0 Å². The Kier molecular flexibility index (Phi) is 3.18. The summed E-state index contributed by atoms with van der Waals surface area (Å²) in [4.78, 5) is 20.1. The fourth-order valence-electron chi connectivity index (χ4n) is 1.55. The summed E-state index contributed by atoms with van der Waals surface area (Å²) >= 11 is 0. The van der Waals surface area contributed by atoms with Crippen molar-refractivity contribution in [2.45, 2.75) is 13.5 Å². The van der Waals surface area contributed by atoms with Gasteiger partial charge in [0.15, 0.2) is 0 Å². The number of aryl methyl sites for hydroxylation is 1. The van der Waals surface area contributed by atoms with E-state index in [9.17, 15) is 4.79 Å². The Labute approximate surface area is 99.2 Å². The predicted molar refractivity (Wildman–Crippen MR) is 66.1 cm³/mol. The van der Waals surface area contributed by atoms with Gasteiger partial charge in [-0.1, -0.05) is 6.07 Å². The smallest absolute Gasteiger partial charge is 0.251 e. The Morgan fingerprint density at radius 2 is 2.12 bits per heavy atom. The summed E-state index contributed by atoms with van der Waals surface area (Å²) in [6.07, 6.45) is 3.32. The maximum Gasteiger partial charge on any atom is 0.251 e. The molecule has 0 bridgehead atoms. The van der Waals surface area contributed by atoms with Crippen LogP contribution < -0.4 is 10.9 Å². The van der Waals surface area contributed by atoms with Gasteiger partial charge in [0.25, 0.3) is 5.56 Å². The van der Waals surface area contributed by atoms with Gasteiger partial charge in [-0.2, -0.15) is 0 Å². The zero-order valence-corrected chi connectivity index (χ0v) is 9.84.